The van der Waals surface area contributed by atoms with E-state index in [0.717, 1.165) is 21.2 Å². The van der Waals surface area contributed by atoms with Crippen LogP contribution in [0.25, 0.3) is 16.7 Å². The Hall–Kier alpha value is -1.88. The predicted molar refractivity (Wildman–Crippen MR) is 75.7 cm³/mol. The fourth-order valence-electron chi connectivity index (χ4n) is 1.87. The Bertz CT molecular complexity index is 733. The van der Waals surface area contributed by atoms with Gasteiger partial charge in [0.05, 0.1) is 11.1 Å². The molecule has 0 unspecified atom stereocenters. The molecule has 3 aromatic rings. The van der Waals surface area contributed by atoms with Crippen molar-refractivity contribution in [1.29, 1.82) is 0 Å². The van der Waals surface area contributed by atoms with Crippen LogP contribution in [-0.2, 0) is 0 Å². The van der Waals surface area contributed by atoms with Gasteiger partial charge in [0, 0.05) is 10.7 Å². The maximum Gasteiger partial charge on any atom is 0.165 e. The van der Waals surface area contributed by atoms with Crippen LogP contribution in [0.5, 0.6) is 0 Å². The highest BCUT2D eigenvalue weighted by Crippen LogP contribution is 2.24. The molecule has 0 amide bonds. The summed E-state index contributed by atoms with van der Waals surface area (Å²) in [6, 6.07) is 9.82. The van der Waals surface area contributed by atoms with Gasteiger partial charge in [0.15, 0.2) is 11.5 Å². The Kier molecular flexibility index (Phi) is 2.56. The molecule has 0 radical (unpaired) electrons. The van der Waals surface area contributed by atoms with Gasteiger partial charge in [0.25, 0.3) is 0 Å². The molecule has 0 saturated carbocycles. The molecule has 0 spiro atoms. The van der Waals surface area contributed by atoms with Gasteiger partial charge >= 0.3 is 0 Å². The molecule has 2 N–H and O–H groups in total. The third-order valence-corrected chi connectivity index (χ3v) is 3.73. The van der Waals surface area contributed by atoms with Gasteiger partial charge in [-0.1, -0.05) is 22.0 Å². The Balaban J connectivity index is 2.28. The number of rotatable bonds is 1. The smallest absolute Gasteiger partial charge is 0.165 e. The topological polar surface area (TPSA) is 56.7 Å². The number of aryl methyl sites for hydroxylation is 1. The molecule has 0 bridgehead atoms. The second-order valence-electron chi connectivity index (χ2n) is 4.11. The molecule has 5 heteroatoms. The van der Waals surface area contributed by atoms with Crippen LogP contribution in [0.1, 0.15) is 5.56 Å². The molecule has 4 nitrogen and oxygen atoms in total. The number of aromatic nitrogens is 3. The Morgan fingerprint density at radius 2 is 2.11 bits per heavy atom. The quantitative estimate of drug-likeness (QED) is 0.751. The fraction of sp³-hybridized carbons (Fsp3) is 0.0769. The third-order valence-electron chi connectivity index (χ3n) is 2.87. The highest BCUT2D eigenvalue weighted by molar-refractivity contribution is 9.10. The van der Waals surface area contributed by atoms with E-state index < -0.39 is 0 Å². The van der Waals surface area contributed by atoms with Crippen LogP contribution in [0.2, 0.25) is 0 Å². The number of benzene rings is 1. The average Bonchev–Trinajstić information content (AvgIpc) is 2.71. The zero-order valence-corrected chi connectivity index (χ0v) is 11.3. The second-order valence-corrected chi connectivity index (χ2v) is 4.96. The van der Waals surface area contributed by atoms with Crippen molar-refractivity contribution in [3.63, 3.8) is 0 Å². The lowest BCUT2D eigenvalue weighted by Gasteiger charge is -2.04. The molecular formula is C13H11BrN4. The van der Waals surface area contributed by atoms with E-state index in [4.69, 9.17) is 5.73 Å². The summed E-state index contributed by atoms with van der Waals surface area (Å²) in [5.41, 5.74) is 8.78. The van der Waals surface area contributed by atoms with Crippen LogP contribution >= 0.6 is 15.9 Å². The summed E-state index contributed by atoms with van der Waals surface area (Å²) >= 11 is 3.52. The molecule has 1 aromatic carbocycles. The molecule has 2 heterocycles. The number of pyridine rings is 1. The molecule has 18 heavy (non-hydrogen) atoms. The normalized spacial score (nSPS) is 11.0. The summed E-state index contributed by atoms with van der Waals surface area (Å²) in [6.45, 7) is 2.04. The SMILES string of the molecule is Cc1ccc(-n2nc(N)c3cccnc32)cc1Br. The zero-order valence-electron chi connectivity index (χ0n) is 9.76. The van der Waals surface area contributed by atoms with Crippen LogP contribution in [0.15, 0.2) is 41.0 Å². The van der Waals surface area contributed by atoms with E-state index in [1.807, 2.05) is 37.3 Å². The highest BCUT2D eigenvalue weighted by Gasteiger charge is 2.10. The maximum atomic E-state index is 5.90. The molecule has 0 fully saturated rings. The monoisotopic (exact) mass is 302 g/mol. The Labute approximate surface area is 113 Å². The maximum absolute atomic E-state index is 5.90. The zero-order chi connectivity index (χ0) is 12.7. The summed E-state index contributed by atoms with van der Waals surface area (Å²) in [4.78, 5) is 4.34. The number of halogens is 1. The van der Waals surface area contributed by atoms with Crippen molar-refractivity contribution in [3.8, 4) is 5.69 Å². The van der Waals surface area contributed by atoms with Crippen molar-refractivity contribution < 1.29 is 0 Å². The van der Waals surface area contributed by atoms with Crippen LogP contribution in [-0.4, -0.2) is 14.8 Å². The van der Waals surface area contributed by atoms with Crippen molar-refractivity contribution in [2.45, 2.75) is 6.92 Å². The number of fused-ring (bicyclic) bond motifs is 1. The van der Waals surface area contributed by atoms with E-state index >= 15 is 0 Å². The number of hydrogen-bond donors (Lipinski definition) is 1. The summed E-state index contributed by atoms with van der Waals surface area (Å²) in [7, 11) is 0. The van der Waals surface area contributed by atoms with Gasteiger partial charge in [-0.3, -0.25) is 0 Å². The van der Waals surface area contributed by atoms with E-state index in [2.05, 4.69) is 26.0 Å². The van der Waals surface area contributed by atoms with E-state index in [0.29, 0.717) is 5.82 Å². The standard InChI is InChI=1S/C13H11BrN4/c1-8-4-5-9(7-11(8)14)18-13-10(12(15)17-18)3-2-6-16-13/h2-7H,1H3,(H2,15,17). The first-order valence-electron chi connectivity index (χ1n) is 5.52. The summed E-state index contributed by atoms with van der Waals surface area (Å²) in [5, 5.41) is 5.21. The van der Waals surface area contributed by atoms with Crippen molar-refractivity contribution in [3.05, 3.63) is 46.6 Å². The van der Waals surface area contributed by atoms with Gasteiger partial charge in [-0.15, -0.1) is 5.10 Å². The first kappa shape index (κ1) is 11.2. The van der Waals surface area contributed by atoms with Gasteiger partial charge in [0.1, 0.15) is 0 Å². The summed E-state index contributed by atoms with van der Waals surface area (Å²) in [5.74, 6) is 0.495. The molecule has 3 rings (SSSR count). The molecule has 0 aliphatic heterocycles. The second kappa shape index (κ2) is 4.10. The van der Waals surface area contributed by atoms with Gasteiger partial charge in [-0.2, -0.15) is 0 Å². The highest BCUT2D eigenvalue weighted by atomic mass is 79.9. The molecule has 0 aliphatic rings. The molecule has 90 valence electrons. The lowest BCUT2D eigenvalue weighted by Crippen LogP contribution is -1.98. The average molecular weight is 303 g/mol. The summed E-state index contributed by atoms with van der Waals surface area (Å²) < 4.78 is 2.80. The Morgan fingerprint density at radius 1 is 1.28 bits per heavy atom. The molecule has 2 aromatic heterocycles. The minimum Gasteiger partial charge on any atom is -0.382 e. The first-order valence-corrected chi connectivity index (χ1v) is 6.32. The minimum absolute atomic E-state index is 0.495. The molecule has 0 atom stereocenters. The lowest BCUT2D eigenvalue weighted by molar-refractivity contribution is 0.901. The van der Waals surface area contributed by atoms with Crippen molar-refractivity contribution >= 4 is 32.8 Å². The van der Waals surface area contributed by atoms with Crippen molar-refractivity contribution in [2.75, 3.05) is 5.73 Å². The number of anilines is 1. The van der Waals surface area contributed by atoms with Crippen LogP contribution in [0, 0.1) is 6.92 Å². The van der Waals surface area contributed by atoms with Gasteiger partial charge in [-0.05, 0) is 36.8 Å². The lowest BCUT2D eigenvalue weighted by atomic mass is 10.2. The number of hydrogen-bond acceptors (Lipinski definition) is 3. The Morgan fingerprint density at radius 3 is 2.89 bits per heavy atom. The van der Waals surface area contributed by atoms with Crippen molar-refractivity contribution in [2.24, 2.45) is 0 Å². The van der Waals surface area contributed by atoms with Crippen LogP contribution in [0.3, 0.4) is 0 Å². The minimum atomic E-state index is 0.495. The van der Waals surface area contributed by atoms with Crippen LogP contribution in [0.4, 0.5) is 5.82 Å². The van der Waals surface area contributed by atoms with Crippen molar-refractivity contribution in [1.82, 2.24) is 14.8 Å². The largest absolute Gasteiger partial charge is 0.382 e. The summed E-state index contributed by atoms with van der Waals surface area (Å²) in [6.07, 6.45) is 1.74. The number of nitrogens with two attached hydrogens (primary N) is 1. The third kappa shape index (κ3) is 1.67. The van der Waals surface area contributed by atoms with E-state index in [1.165, 1.54) is 5.56 Å². The number of nitrogen functional groups attached to an aromatic ring is 1. The molecular weight excluding hydrogens is 292 g/mol. The first-order chi connectivity index (χ1) is 8.66. The van der Waals surface area contributed by atoms with E-state index in [1.54, 1.807) is 10.9 Å². The van der Waals surface area contributed by atoms with Gasteiger partial charge < -0.3 is 5.73 Å². The predicted octanol–water partition coefficient (Wildman–Crippen LogP) is 3.07. The number of nitrogens with zero attached hydrogens (tertiary/aromatic N) is 3. The van der Waals surface area contributed by atoms with Gasteiger partial charge in [0.2, 0.25) is 0 Å². The van der Waals surface area contributed by atoms with E-state index in [-0.39, 0.29) is 0 Å². The van der Waals surface area contributed by atoms with Crippen LogP contribution < -0.4 is 5.73 Å². The molecule has 0 aliphatic carbocycles. The fourth-order valence-corrected chi connectivity index (χ4v) is 2.23. The van der Waals surface area contributed by atoms with E-state index in [9.17, 15) is 0 Å². The molecule has 0 saturated heterocycles. The van der Waals surface area contributed by atoms with Gasteiger partial charge in [-0.25, -0.2) is 9.67 Å².